The summed E-state index contributed by atoms with van der Waals surface area (Å²) in [5.41, 5.74) is 7.90. The van der Waals surface area contributed by atoms with Crippen molar-refractivity contribution in [3.05, 3.63) is 53.3 Å². The Hall–Kier alpha value is -2.56. The molecule has 0 saturated heterocycles. The van der Waals surface area contributed by atoms with Gasteiger partial charge >= 0.3 is 0 Å². The van der Waals surface area contributed by atoms with Gasteiger partial charge in [-0.05, 0) is 49.7 Å². The van der Waals surface area contributed by atoms with Crippen LogP contribution >= 0.6 is 0 Å². The summed E-state index contributed by atoms with van der Waals surface area (Å²) in [4.78, 5) is 12.1. The van der Waals surface area contributed by atoms with Crippen LogP contribution in [0.5, 0.6) is 5.75 Å². The van der Waals surface area contributed by atoms with E-state index in [2.05, 4.69) is 5.32 Å². The Balaban J connectivity index is 2.17. The molecule has 3 N–H and O–H groups in total. The minimum absolute atomic E-state index is 0.162. The number of nitrogen functional groups attached to an aromatic ring is 1. The van der Waals surface area contributed by atoms with Crippen LogP contribution in [0.2, 0.25) is 0 Å². The summed E-state index contributed by atoms with van der Waals surface area (Å²) in [6.07, 6.45) is 0. The van der Waals surface area contributed by atoms with Gasteiger partial charge in [-0.15, -0.1) is 0 Å². The average Bonchev–Trinajstić information content (AvgIpc) is 2.41. The van der Waals surface area contributed by atoms with E-state index >= 15 is 0 Å². The highest BCUT2D eigenvalue weighted by Crippen LogP contribution is 2.22. The second-order valence-electron chi connectivity index (χ2n) is 4.66. The second-order valence-corrected chi connectivity index (χ2v) is 4.66. The normalized spacial score (nSPS) is 10.2. The lowest BCUT2D eigenvalue weighted by Gasteiger charge is -2.09. The van der Waals surface area contributed by atoms with Crippen molar-refractivity contribution in [3.63, 3.8) is 0 Å². The van der Waals surface area contributed by atoms with Crippen molar-refractivity contribution < 1.29 is 13.9 Å². The Morgan fingerprint density at radius 2 is 2.05 bits per heavy atom. The number of halogens is 1. The Labute approximate surface area is 122 Å². The lowest BCUT2D eigenvalue weighted by atomic mass is 10.1. The molecule has 0 atom stereocenters. The molecule has 0 saturated carbocycles. The van der Waals surface area contributed by atoms with Gasteiger partial charge in [0.15, 0.2) is 11.6 Å². The molecule has 0 fully saturated rings. The number of hydrogen-bond acceptors (Lipinski definition) is 3. The van der Waals surface area contributed by atoms with Crippen molar-refractivity contribution in [3.8, 4) is 5.75 Å². The smallest absolute Gasteiger partial charge is 0.255 e. The van der Waals surface area contributed by atoms with Crippen molar-refractivity contribution in [1.29, 1.82) is 0 Å². The quantitative estimate of drug-likeness (QED) is 0.848. The molecule has 0 aromatic heterocycles. The lowest BCUT2D eigenvalue weighted by Crippen LogP contribution is -2.12. The molecule has 4 nitrogen and oxygen atoms in total. The summed E-state index contributed by atoms with van der Waals surface area (Å²) < 4.78 is 18.8. The van der Waals surface area contributed by atoms with Gasteiger partial charge in [0.1, 0.15) is 0 Å². The van der Waals surface area contributed by atoms with E-state index in [0.29, 0.717) is 23.5 Å². The Morgan fingerprint density at radius 3 is 2.67 bits per heavy atom. The van der Waals surface area contributed by atoms with E-state index in [0.717, 1.165) is 5.56 Å². The highest BCUT2D eigenvalue weighted by molar-refractivity contribution is 6.04. The summed E-state index contributed by atoms with van der Waals surface area (Å²) in [6, 6.07) is 9.36. The third-order valence-electron chi connectivity index (χ3n) is 2.85. The maximum atomic E-state index is 13.7. The Kier molecular flexibility index (Phi) is 4.42. The fourth-order valence-corrected chi connectivity index (χ4v) is 2.00. The number of rotatable bonds is 4. The average molecular weight is 288 g/mol. The minimum Gasteiger partial charge on any atom is -0.491 e. The molecule has 0 radical (unpaired) electrons. The van der Waals surface area contributed by atoms with E-state index in [4.69, 9.17) is 10.5 Å². The van der Waals surface area contributed by atoms with E-state index in [1.165, 1.54) is 12.1 Å². The molecule has 0 unspecified atom stereocenters. The van der Waals surface area contributed by atoms with Gasteiger partial charge in [0.2, 0.25) is 0 Å². The van der Waals surface area contributed by atoms with E-state index < -0.39 is 5.82 Å². The molecule has 1 amide bonds. The van der Waals surface area contributed by atoms with E-state index in [-0.39, 0.29) is 11.7 Å². The molecule has 0 heterocycles. The number of nitrogens with one attached hydrogen (secondary N) is 1. The van der Waals surface area contributed by atoms with Crippen molar-refractivity contribution >= 4 is 17.3 Å². The Bertz CT molecular complexity index is 651. The van der Waals surface area contributed by atoms with Crippen LogP contribution in [0.25, 0.3) is 0 Å². The van der Waals surface area contributed by atoms with Gasteiger partial charge in [-0.2, -0.15) is 0 Å². The molecule has 0 aliphatic carbocycles. The first-order valence-electron chi connectivity index (χ1n) is 6.60. The number of anilines is 2. The van der Waals surface area contributed by atoms with Crippen molar-refractivity contribution in [2.24, 2.45) is 0 Å². The number of amides is 1. The predicted octanol–water partition coefficient (Wildman–Crippen LogP) is 3.37. The lowest BCUT2D eigenvalue weighted by molar-refractivity contribution is 0.102. The number of nitrogens with two attached hydrogens (primary N) is 1. The number of carbonyl (C=O) groups is 1. The van der Waals surface area contributed by atoms with Gasteiger partial charge in [0.05, 0.1) is 6.61 Å². The molecule has 2 rings (SSSR count). The summed E-state index contributed by atoms with van der Waals surface area (Å²) in [6.45, 7) is 4.01. The molecule has 5 heteroatoms. The first-order chi connectivity index (χ1) is 9.99. The highest BCUT2D eigenvalue weighted by atomic mass is 19.1. The molecular weight excluding hydrogens is 271 g/mol. The van der Waals surface area contributed by atoms with Crippen LogP contribution in [0.15, 0.2) is 36.4 Å². The summed E-state index contributed by atoms with van der Waals surface area (Å²) in [5.74, 6) is -0.692. The van der Waals surface area contributed by atoms with Crippen LogP contribution in [-0.4, -0.2) is 12.5 Å². The van der Waals surface area contributed by atoms with Crippen LogP contribution in [0.4, 0.5) is 15.8 Å². The zero-order valence-corrected chi connectivity index (χ0v) is 11.9. The monoisotopic (exact) mass is 288 g/mol. The maximum absolute atomic E-state index is 13.7. The molecular formula is C16H17FN2O2. The number of ether oxygens (including phenoxy) is 1. The number of aryl methyl sites for hydroxylation is 1. The van der Waals surface area contributed by atoms with Crippen molar-refractivity contribution in [2.45, 2.75) is 13.8 Å². The van der Waals surface area contributed by atoms with Crippen LogP contribution in [0, 0.1) is 12.7 Å². The van der Waals surface area contributed by atoms with E-state index in [9.17, 15) is 9.18 Å². The van der Waals surface area contributed by atoms with Crippen LogP contribution in [0.3, 0.4) is 0 Å². The standard InChI is InChI=1S/C16H17FN2O2/c1-3-21-15-5-4-13(9-14(15)17)19-16(20)11-6-10(2)7-12(18)8-11/h4-9H,3,18H2,1-2H3,(H,19,20). The van der Waals surface area contributed by atoms with Gasteiger partial charge in [0.25, 0.3) is 5.91 Å². The second kappa shape index (κ2) is 6.26. The molecule has 0 aliphatic rings. The maximum Gasteiger partial charge on any atom is 0.255 e. The van der Waals surface area contributed by atoms with Gasteiger partial charge in [-0.3, -0.25) is 4.79 Å². The largest absolute Gasteiger partial charge is 0.491 e. The SMILES string of the molecule is CCOc1ccc(NC(=O)c2cc(C)cc(N)c2)cc1F. The molecule has 110 valence electrons. The van der Waals surface area contributed by atoms with Gasteiger partial charge in [0, 0.05) is 23.0 Å². The third kappa shape index (κ3) is 3.72. The van der Waals surface area contributed by atoms with Crippen LogP contribution < -0.4 is 15.8 Å². The summed E-state index contributed by atoms with van der Waals surface area (Å²) >= 11 is 0. The van der Waals surface area contributed by atoms with Gasteiger partial charge < -0.3 is 15.8 Å². The zero-order chi connectivity index (χ0) is 15.4. The zero-order valence-electron chi connectivity index (χ0n) is 11.9. The Morgan fingerprint density at radius 1 is 1.29 bits per heavy atom. The van der Waals surface area contributed by atoms with Crippen molar-refractivity contribution in [2.75, 3.05) is 17.7 Å². The molecule has 2 aromatic carbocycles. The topological polar surface area (TPSA) is 64.3 Å². The number of hydrogen-bond donors (Lipinski definition) is 2. The summed E-state index contributed by atoms with van der Waals surface area (Å²) in [5, 5.41) is 2.63. The number of carbonyl (C=O) groups excluding carboxylic acids is 1. The first-order valence-corrected chi connectivity index (χ1v) is 6.60. The minimum atomic E-state index is -0.515. The highest BCUT2D eigenvalue weighted by Gasteiger charge is 2.10. The molecule has 0 bridgehead atoms. The third-order valence-corrected chi connectivity index (χ3v) is 2.85. The van der Waals surface area contributed by atoms with E-state index in [1.807, 2.05) is 6.92 Å². The molecule has 0 aliphatic heterocycles. The molecule has 2 aromatic rings. The first kappa shape index (κ1) is 14.8. The fraction of sp³-hybridized carbons (Fsp3) is 0.188. The summed E-state index contributed by atoms with van der Waals surface area (Å²) in [7, 11) is 0. The molecule has 21 heavy (non-hydrogen) atoms. The number of benzene rings is 2. The van der Waals surface area contributed by atoms with Crippen molar-refractivity contribution in [1.82, 2.24) is 0 Å². The predicted molar refractivity (Wildman–Crippen MR) is 81.1 cm³/mol. The van der Waals surface area contributed by atoms with Crippen LogP contribution in [-0.2, 0) is 0 Å². The fourth-order valence-electron chi connectivity index (χ4n) is 2.00. The van der Waals surface area contributed by atoms with E-state index in [1.54, 1.807) is 31.2 Å². The van der Waals surface area contributed by atoms with Gasteiger partial charge in [-0.25, -0.2) is 4.39 Å². The molecule has 0 spiro atoms. The van der Waals surface area contributed by atoms with Gasteiger partial charge in [-0.1, -0.05) is 0 Å². The van der Waals surface area contributed by atoms with Crippen LogP contribution in [0.1, 0.15) is 22.8 Å².